The lowest BCUT2D eigenvalue weighted by atomic mass is 10.1. The summed E-state index contributed by atoms with van der Waals surface area (Å²) in [5.41, 5.74) is 5.43. The van der Waals surface area contributed by atoms with Gasteiger partial charge in [-0.2, -0.15) is 4.31 Å². The minimum Gasteiger partial charge on any atom is -0.374 e. The molecular weight excluding hydrogens is 274 g/mol. The maximum atomic E-state index is 12.3. The Morgan fingerprint density at radius 1 is 1.39 bits per heavy atom. The Balaban J connectivity index is 2.23. The van der Waals surface area contributed by atoms with Gasteiger partial charge >= 0.3 is 0 Å². The topological polar surface area (TPSA) is 92.4 Å². The summed E-state index contributed by atoms with van der Waals surface area (Å²) in [6.45, 7) is 3.04. The molecule has 2 atom stereocenters. The van der Waals surface area contributed by atoms with Crippen LogP contribution >= 0.6 is 11.3 Å². The summed E-state index contributed by atoms with van der Waals surface area (Å²) in [7, 11) is 0.371. The first-order chi connectivity index (χ1) is 8.32. The highest BCUT2D eigenvalue weighted by Gasteiger charge is 2.39. The molecule has 18 heavy (non-hydrogen) atoms. The van der Waals surface area contributed by atoms with Crippen molar-refractivity contribution in [3.63, 3.8) is 0 Å². The summed E-state index contributed by atoms with van der Waals surface area (Å²) in [5.74, 6) is 0.292. The van der Waals surface area contributed by atoms with Gasteiger partial charge in [0.15, 0.2) is 0 Å². The molecular formula is C9H17N5O2S2. The molecule has 2 rings (SSSR count). The fraction of sp³-hybridized carbons (Fsp3) is 0.778. The van der Waals surface area contributed by atoms with Crippen molar-refractivity contribution < 1.29 is 8.42 Å². The van der Waals surface area contributed by atoms with E-state index < -0.39 is 10.0 Å². The van der Waals surface area contributed by atoms with Crippen LogP contribution in [0.15, 0.2) is 4.34 Å². The van der Waals surface area contributed by atoms with Crippen molar-refractivity contribution in [2.45, 2.75) is 17.3 Å². The second-order valence-electron chi connectivity index (χ2n) is 4.74. The maximum absolute atomic E-state index is 12.3. The van der Waals surface area contributed by atoms with E-state index in [0.29, 0.717) is 19.0 Å². The summed E-state index contributed by atoms with van der Waals surface area (Å²) < 4.78 is 26.1. The normalized spacial score (nSPS) is 26.0. The minimum atomic E-state index is -3.55. The Hall–Kier alpha value is -0.770. The molecule has 7 nitrogen and oxygen atoms in total. The van der Waals surface area contributed by atoms with Gasteiger partial charge in [-0.3, -0.25) is 0 Å². The molecule has 1 aromatic heterocycles. The fourth-order valence-electron chi connectivity index (χ4n) is 2.21. The predicted octanol–water partition coefficient (Wildman–Crippen LogP) is -0.309. The fourth-order valence-corrected chi connectivity index (χ4v) is 4.69. The molecule has 0 saturated carbocycles. The van der Waals surface area contributed by atoms with E-state index in [9.17, 15) is 8.42 Å². The van der Waals surface area contributed by atoms with Gasteiger partial charge in [-0.05, 0) is 20.0 Å². The zero-order valence-electron chi connectivity index (χ0n) is 10.6. The SMILES string of the molecule is CC1CN(S(=O)(=O)c2nnc(N)s2)CC1N(C)C. The molecule has 1 fully saturated rings. The minimum absolute atomic E-state index is 0.0217. The lowest BCUT2D eigenvalue weighted by Crippen LogP contribution is -2.35. The van der Waals surface area contributed by atoms with Crippen molar-refractivity contribution in [3.8, 4) is 0 Å². The first kappa shape index (κ1) is 13.7. The van der Waals surface area contributed by atoms with Crippen LogP contribution in [0, 0.1) is 5.92 Å². The third kappa shape index (κ3) is 2.35. The van der Waals surface area contributed by atoms with Gasteiger partial charge in [-0.15, -0.1) is 10.2 Å². The third-order valence-electron chi connectivity index (χ3n) is 3.19. The highest BCUT2D eigenvalue weighted by atomic mass is 32.2. The van der Waals surface area contributed by atoms with Crippen LogP contribution in [-0.2, 0) is 10.0 Å². The Bertz CT molecular complexity index is 527. The van der Waals surface area contributed by atoms with Crippen molar-refractivity contribution in [2.75, 3.05) is 32.9 Å². The molecule has 2 N–H and O–H groups in total. The second-order valence-corrected chi connectivity index (χ2v) is 7.86. The Kier molecular flexibility index (Phi) is 3.58. The predicted molar refractivity (Wildman–Crippen MR) is 69.7 cm³/mol. The van der Waals surface area contributed by atoms with Crippen LogP contribution in [0.2, 0.25) is 0 Å². The number of anilines is 1. The molecule has 0 bridgehead atoms. The van der Waals surface area contributed by atoms with Crippen LogP contribution in [0.3, 0.4) is 0 Å². The summed E-state index contributed by atoms with van der Waals surface area (Å²) in [5, 5.41) is 7.36. The standard InChI is InChI=1S/C9H17N5O2S2/c1-6-4-14(5-7(6)13(2)3)18(15,16)9-12-11-8(10)17-9/h6-7H,4-5H2,1-3H3,(H2,10,11). The van der Waals surface area contributed by atoms with Crippen molar-refractivity contribution in [1.82, 2.24) is 19.4 Å². The summed E-state index contributed by atoms with van der Waals surface area (Å²) in [6.07, 6.45) is 0. The first-order valence-corrected chi connectivity index (χ1v) is 7.83. The number of hydrogen-bond donors (Lipinski definition) is 1. The van der Waals surface area contributed by atoms with Crippen LogP contribution < -0.4 is 5.73 Å². The first-order valence-electron chi connectivity index (χ1n) is 5.58. The molecule has 1 saturated heterocycles. The average Bonchev–Trinajstić information content (AvgIpc) is 2.84. The van der Waals surface area contributed by atoms with Crippen molar-refractivity contribution in [3.05, 3.63) is 0 Å². The van der Waals surface area contributed by atoms with E-state index in [1.54, 1.807) is 0 Å². The number of rotatable bonds is 3. The Morgan fingerprint density at radius 3 is 2.50 bits per heavy atom. The van der Waals surface area contributed by atoms with E-state index in [2.05, 4.69) is 22.0 Å². The zero-order valence-corrected chi connectivity index (χ0v) is 12.2. The largest absolute Gasteiger partial charge is 0.374 e. The molecule has 2 heterocycles. The molecule has 0 spiro atoms. The average molecular weight is 291 g/mol. The number of aromatic nitrogens is 2. The van der Waals surface area contributed by atoms with Crippen LogP contribution in [-0.4, -0.2) is 61.0 Å². The Labute approximate surface area is 111 Å². The number of sulfonamides is 1. The summed E-state index contributed by atoms with van der Waals surface area (Å²) in [4.78, 5) is 2.05. The summed E-state index contributed by atoms with van der Waals surface area (Å²) in [6, 6.07) is 0.227. The molecule has 1 aromatic rings. The van der Waals surface area contributed by atoms with Crippen LogP contribution in [0.25, 0.3) is 0 Å². The summed E-state index contributed by atoms with van der Waals surface area (Å²) >= 11 is 0.905. The van der Waals surface area contributed by atoms with E-state index >= 15 is 0 Å². The van der Waals surface area contributed by atoms with Gasteiger partial charge < -0.3 is 10.6 Å². The zero-order chi connectivity index (χ0) is 13.5. The molecule has 2 unspecified atom stereocenters. The van der Waals surface area contributed by atoms with Gasteiger partial charge in [-0.25, -0.2) is 8.42 Å². The second kappa shape index (κ2) is 4.72. The molecule has 1 aliphatic heterocycles. The number of nitrogens with zero attached hydrogens (tertiary/aromatic N) is 4. The van der Waals surface area contributed by atoms with E-state index in [1.165, 1.54) is 4.31 Å². The third-order valence-corrected chi connectivity index (χ3v) is 6.12. The van der Waals surface area contributed by atoms with Gasteiger partial charge in [0.05, 0.1) is 0 Å². The number of nitrogen functional groups attached to an aromatic ring is 1. The quantitative estimate of drug-likeness (QED) is 0.821. The Morgan fingerprint density at radius 2 is 2.06 bits per heavy atom. The number of hydrogen-bond acceptors (Lipinski definition) is 7. The van der Waals surface area contributed by atoms with Gasteiger partial charge in [0.25, 0.3) is 10.0 Å². The van der Waals surface area contributed by atoms with Gasteiger partial charge in [0.1, 0.15) is 0 Å². The van der Waals surface area contributed by atoms with E-state index in [4.69, 9.17) is 5.73 Å². The molecule has 0 aliphatic carbocycles. The number of nitrogens with two attached hydrogens (primary N) is 1. The molecule has 1 aliphatic rings. The monoisotopic (exact) mass is 291 g/mol. The molecule has 0 aromatic carbocycles. The van der Waals surface area contributed by atoms with Crippen molar-refractivity contribution in [2.24, 2.45) is 5.92 Å². The highest BCUT2D eigenvalue weighted by molar-refractivity contribution is 7.91. The van der Waals surface area contributed by atoms with Crippen LogP contribution in [0.4, 0.5) is 5.13 Å². The van der Waals surface area contributed by atoms with Gasteiger partial charge in [0.2, 0.25) is 9.47 Å². The van der Waals surface area contributed by atoms with Crippen LogP contribution in [0.5, 0.6) is 0 Å². The van der Waals surface area contributed by atoms with Gasteiger partial charge in [0, 0.05) is 19.1 Å². The smallest absolute Gasteiger partial charge is 0.272 e. The van der Waals surface area contributed by atoms with Crippen molar-refractivity contribution in [1.29, 1.82) is 0 Å². The molecule has 0 radical (unpaired) electrons. The maximum Gasteiger partial charge on any atom is 0.272 e. The lowest BCUT2D eigenvalue weighted by molar-refractivity contribution is 0.263. The number of likely N-dealkylation sites (N-methyl/N-ethyl adjacent to an activating group) is 1. The van der Waals surface area contributed by atoms with Crippen LogP contribution in [0.1, 0.15) is 6.92 Å². The highest BCUT2D eigenvalue weighted by Crippen LogP contribution is 2.28. The molecule has 9 heteroatoms. The molecule has 0 amide bonds. The van der Waals surface area contributed by atoms with Gasteiger partial charge in [-0.1, -0.05) is 18.3 Å². The van der Waals surface area contributed by atoms with E-state index in [0.717, 1.165) is 11.3 Å². The lowest BCUT2D eigenvalue weighted by Gasteiger charge is -2.22. The van der Waals surface area contributed by atoms with Crippen molar-refractivity contribution >= 4 is 26.5 Å². The molecule has 102 valence electrons. The van der Waals surface area contributed by atoms with E-state index in [-0.39, 0.29) is 15.5 Å². The van der Waals surface area contributed by atoms with E-state index in [1.807, 2.05) is 14.1 Å².